The highest BCUT2D eigenvalue weighted by atomic mass is 32.2. The summed E-state index contributed by atoms with van der Waals surface area (Å²) in [5.74, 6) is -0.857. The van der Waals surface area contributed by atoms with Gasteiger partial charge >= 0.3 is 10.3 Å². The quantitative estimate of drug-likeness (QED) is 0.790. The zero-order valence-corrected chi connectivity index (χ0v) is 9.44. The van der Waals surface area contributed by atoms with E-state index in [4.69, 9.17) is 4.55 Å². The lowest BCUT2D eigenvalue weighted by atomic mass is 10.0. The average molecular weight is 251 g/mol. The predicted molar refractivity (Wildman–Crippen MR) is 63.0 cm³/mol. The first kappa shape index (κ1) is 11.6. The van der Waals surface area contributed by atoms with E-state index >= 15 is 0 Å². The molecule has 0 radical (unpaired) electrons. The third kappa shape index (κ3) is 2.61. The first-order valence-electron chi connectivity index (χ1n) is 4.75. The molecule has 0 spiro atoms. The maximum absolute atomic E-state index is 11.6. The van der Waals surface area contributed by atoms with Gasteiger partial charge in [0, 0.05) is 5.56 Å². The molecular weight excluding hydrogens is 242 g/mol. The molecule has 0 aliphatic heterocycles. The second kappa shape index (κ2) is 4.15. The van der Waals surface area contributed by atoms with Gasteiger partial charge in [0.15, 0.2) is 0 Å². The summed E-state index contributed by atoms with van der Waals surface area (Å²) in [5.41, 5.74) is 0.195. The molecule has 0 atom stereocenters. The summed E-state index contributed by atoms with van der Waals surface area (Å²) < 4.78 is 31.2. The van der Waals surface area contributed by atoms with Gasteiger partial charge in [-0.25, -0.2) is 4.72 Å². The van der Waals surface area contributed by atoms with Crippen LogP contribution in [0, 0.1) is 0 Å². The molecule has 0 bridgehead atoms. The molecule has 1 amide bonds. The third-order valence-corrected chi connectivity index (χ3v) is 2.70. The highest BCUT2D eigenvalue weighted by molar-refractivity contribution is 7.84. The van der Waals surface area contributed by atoms with E-state index in [1.165, 1.54) is 10.8 Å². The van der Waals surface area contributed by atoms with Gasteiger partial charge in [0.2, 0.25) is 0 Å². The molecule has 5 nitrogen and oxygen atoms in total. The zero-order chi connectivity index (χ0) is 12.5. The third-order valence-electron chi connectivity index (χ3n) is 2.26. The number of nitrogens with one attached hydrogen (secondary N) is 1. The van der Waals surface area contributed by atoms with Gasteiger partial charge in [0.05, 0.1) is 0 Å². The van der Waals surface area contributed by atoms with E-state index in [9.17, 15) is 13.2 Å². The molecule has 2 aromatic rings. The Morgan fingerprint density at radius 2 is 1.71 bits per heavy atom. The molecule has 6 heteroatoms. The van der Waals surface area contributed by atoms with Crippen molar-refractivity contribution in [3.63, 3.8) is 0 Å². The Morgan fingerprint density at radius 1 is 1.06 bits per heavy atom. The van der Waals surface area contributed by atoms with Crippen molar-refractivity contribution in [3.8, 4) is 0 Å². The second-order valence-corrected chi connectivity index (χ2v) is 4.59. The monoisotopic (exact) mass is 251 g/mol. The van der Waals surface area contributed by atoms with Crippen LogP contribution in [0.25, 0.3) is 10.8 Å². The summed E-state index contributed by atoms with van der Waals surface area (Å²) in [6.07, 6.45) is 0. The van der Waals surface area contributed by atoms with E-state index in [2.05, 4.69) is 0 Å². The van der Waals surface area contributed by atoms with Gasteiger partial charge in [0.25, 0.3) is 5.91 Å². The normalized spacial score (nSPS) is 11.4. The first-order valence-corrected chi connectivity index (χ1v) is 6.19. The Kier molecular flexibility index (Phi) is 2.83. The topological polar surface area (TPSA) is 83.5 Å². The van der Waals surface area contributed by atoms with Gasteiger partial charge in [-0.05, 0) is 16.8 Å². The Bertz CT molecular complexity index is 673. The lowest BCUT2D eigenvalue weighted by Gasteiger charge is -2.05. The lowest BCUT2D eigenvalue weighted by molar-refractivity contribution is 0.0980. The van der Waals surface area contributed by atoms with Crippen LogP contribution in [0.3, 0.4) is 0 Å². The molecule has 2 rings (SSSR count). The molecule has 0 unspecified atom stereocenters. The molecular formula is C11H9NO4S. The van der Waals surface area contributed by atoms with Gasteiger partial charge in [-0.3, -0.25) is 9.35 Å². The van der Waals surface area contributed by atoms with E-state index in [1.54, 1.807) is 30.3 Å². The number of benzene rings is 2. The fourth-order valence-corrected chi connectivity index (χ4v) is 1.94. The van der Waals surface area contributed by atoms with Crippen molar-refractivity contribution in [2.75, 3.05) is 0 Å². The van der Waals surface area contributed by atoms with E-state index in [1.807, 2.05) is 6.07 Å². The molecule has 0 saturated heterocycles. The van der Waals surface area contributed by atoms with Gasteiger partial charge in [-0.15, -0.1) is 0 Å². The first-order chi connectivity index (χ1) is 7.97. The largest absolute Gasteiger partial charge is 0.359 e. The van der Waals surface area contributed by atoms with Crippen molar-refractivity contribution in [1.29, 1.82) is 0 Å². The number of fused-ring (bicyclic) bond motifs is 1. The minimum atomic E-state index is -4.54. The maximum atomic E-state index is 11.6. The smallest absolute Gasteiger partial charge is 0.269 e. The van der Waals surface area contributed by atoms with Crippen molar-refractivity contribution < 1.29 is 17.8 Å². The second-order valence-electron chi connectivity index (χ2n) is 3.43. The van der Waals surface area contributed by atoms with Crippen LogP contribution in [0.15, 0.2) is 42.5 Å². The van der Waals surface area contributed by atoms with E-state index in [0.717, 1.165) is 5.39 Å². The fraction of sp³-hybridized carbons (Fsp3) is 0. The van der Waals surface area contributed by atoms with Crippen LogP contribution in [-0.4, -0.2) is 18.9 Å². The predicted octanol–water partition coefficient (Wildman–Crippen LogP) is 1.37. The zero-order valence-electron chi connectivity index (χ0n) is 8.62. The summed E-state index contributed by atoms with van der Waals surface area (Å²) in [6, 6.07) is 12.0. The van der Waals surface area contributed by atoms with Crippen molar-refractivity contribution in [2.24, 2.45) is 0 Å². The lowest BCUT2D eigenvalue weighted by Crippen LogP contribution is -2.29. The summed E-state index contributed by atoms with van der Waals surface area (Å²) >= 11 is 0. The van der Waals surface area contributed by atoms with E-state index in [0.29, 0.717) is 5.39 Å². The number of carbonyl (C=O) groups excluding carboxylic acids is 1. The fourth-order valence-electron chi connectivity index (χ4n) is 1.60. The van der Waals surface area contributed by atoms with Crippen LogP contribution < -0.4 is 4.72 Å². The van der Waals surface area contributed by atoms with Crippen molar-refractivity contribution in [1.82, 2.24) is 4.72 Å². The van der Waals surface area contributed by atoms with Crippen LogP contribution in [0.2, 0.25) is 0 Å². The number of hydrogen-bond acceptors (Lipinski definition) is 3. The van der Waals surface area contributed by atoms with Gasteiger partial charge in [-0.1, -0.05) is 36.4 Å². The van der Waals surface area contributed by atoms with Crippen molar-refractivity contribution >= 4 is 27.0 Å². The van der Waals surface area contributed by atoms with E-state index < -0.39 is 16.2 Å². The molecule has 0 heterocycles. The summed E-state index contributed by atoms with van der Waals surface area (Å²) in [7, 11) is -4.54. The standard InChI is InChI=1S/C11H9NO4S/c13-11(12-17(14,15)16)10-7-3-5-8-4-1-2-6-9(8)10/h1-7H,(H,12,13)(H,14,15,16). The van der Waals surface area contributed by atoms with Gasteiger partial charge in [0.1, 0.15) is 0 Å². The number of rotatable bonds is 2. The molecule has 88 valence electrons. The Balaban J connectivity index is 2.52. The molecule has 2 N–H and O–H groups in total. The van der Waals surface area contributed by atoms with Crippen LogP contribution in [0.1, 0.15) is 10.4 Å². The molecule has 0 aromatic heterocycles. The highest BCUT2D eigenvalue weighted by Crippen LogP contribution is 2.18. The minimum Gasteiger partial charge on any atom is -0.269 e. The summed E-state index contributed by atoms with van der Waals surface area (Å²) in [4.78, 5) is 11.6. The highest BCUT2D eigenvalue weighted by Gasteiger charge is 2.14. The molecule has 0 aliphatic rings. The Hall–Kier alpha value is -1.92. The van der Waals surface area contributed by atoms with E-state index in [-0.39, 0.29) is 5.56 Å². The molecule has 0 saturated carbocycles. The van der Waals surface area contributed by atoms with Crippen molar-refractivity contribution in [2.45, 2.75) is 0 Å². The van der Waals surface area contributed by atoms with Crippen LogP contribution >= 0.6 is 0 Å². The molecule has 17 heavy (non-hydrogen) atoms. The summed E-state index contributed by atoms with van der Waals surface area (Å²) in [5, 5.41) is 1.44. The SMILES string of the molecule is O=C(NS(=O)(=O)O)c1cccc2ccccc12. The maximum Gasteiger partial charge on any atom is 0.359 e. The van der Waals surface area contributed by atoms with Crippen LogP contribution in [0.4, 0.5) is 0 Å². The van der Waals surface area contributed by atoms with Crippen LogP contribution in [-0.2, 0) is 10.3 Å². The number of carbonyl (C=O) groups is 1. The minimum absolute atomic E-state index is 0.195. The Labute approximate surface area is 98.0 Å². The van der Waals surface area contributed by atoms with Gasteiger partial charge in [-0.2, -0.15) is 8.42 Å². The van der Waals surface area contributed by atoms with Gasteiger partial charge < -0.3 is 0 Å². The Morgan fingerprint density at radius 3 is 2.41 bits per heavy atom. The molecule has 0 fully saturated rings. The summed E-state index contributed by atoms with van der Waals surface area (Å²) in [6.45, 7) is 0. The molecule has 2 aromatic carbocycles. The number of amides is 1. The number of hydrogen-bond donors (Lipinski definition) is 2. The average Bonchev–Trinajstić information content (AvgIpc) is 2.26. The van der Waals surface area contributed by atoms with Crippen molar-refractivity contribution in [3.05, 3.63) is 48.0 Å². The van der Waals surface area contributed by atoms with Crippen LogP contribution in [0.5, 0.6) is 0 Å². The molecule has 0 aliphatic carbocycles.